The van der Waals surface area contributed by atoms with Gasteiger partial charge in [-0.05, 0) is 24.5 Å². The number of hydrogen-bond acceptors (Lipinski definition) is 6. The van der Waals surface area contributed by atoms with E-state index in [1.165, 1.54) is 11.9 Å². The number of para-hydroxylation sites is 1. The molecule has 3 heterocycles. The number of nitrogens with zero attached hydrogens (tertiary/aromatic N) is 3. The molecule has 1 aromatic heterocycles. The molecule has 0 saturated carbocycles. The molecule has 2 aliphatic rings. The molecule has 2 aliphatic heterocycles. The van der Waals surface area contributed by atoms with Gasteiger partial charge in [-0.3, -0.25) is 4.79 Å². The fourth-order valence-electron chi connectivity index (χ4n) is 3.36. The molecule has 1 amide bonds. The number of hydrogen-bond donors (Lipinski definition) is 1. The third-order valence-corrected chi connectivity index (χ3v) is 6.38. The first-order chi connectivity index (χ1) is 12.0. The number of sulfone groups is 1. The molecule has 1 atom stereocenters. The van der Waals surface area contributed by atoms with Gasteiger partial charge < -0.3 is 10.2 Å². The maximum atomic E-state index is 12.4. The van der Waals surface area contributed by atoms with Crippen molar-refractivity contribution in [2.24, 2.45) is 0 Å². The maximum Gasteiger partial charge on any atom is 0.270 e. The Kier molecular flexibility index (Phi) is 3.91. The number of fused-ring (bicyclic) bond motifs is 1. The van der Waals surface area contributed by atoms with Crippen LogP contribution in [-0.4, -0.2) is 48.4 Å². The molecule has 130 valence electrons. The van der Waals surface area contributed by atoms with E-state index in [1.54, 1.807) is 6.07 Å². The maximum absolute atomic E-state index is 12.4. The van der Waals surface area contributed by atoms with Crippen molar-refractivity contribution < 1.29 is 13.2 Å². The fraction of sp³-hybridized carbons (Fsp3) is 0.353. The zero-order valence-corrected chi connectivity index (χ0v) is 14.4. The minimum atomic E-state index is -3.03. The zero-order chi connectivity index (χ0) is 17.4. The number of benzene rings is 1. The highest BCUT2D eigenvalue weighted by Gasteiger charge is 2.29. The monoisotopic (exact) mass is 358 g/mol. The third kappa shape index (κ3) is 3.21. The lowest BCUT2D eigenvalue weighted by molar-refractivity contribution is 0.0936. The van der Waals surface area contributed by atoms with Crippen LogP contribution in [-0.2, 0) is 16.3 Å². The predicted octanol–water partition coefficient (Wildman–Crippen LogP) is 1.09. The minimum Gasteiger partial charge on any atom is -0.347 e. The van der Waals surface area contributed by atoms with Crippen LogP contribution in [0.3, 0.4) is 0 Å². The summed E-state index contributed by atoms with van der Waals surface area (Å²) in [4.78, 5) is 22.8. The van der Waals surface area contributed by atoms with Crippen LogP contribution in [0.25, 0.3) is 0 Å². The van der Waals surface area contributed by atoms with Crippen molar-refractivity contribution in [3.63, 3.8) is 0 Å². The fourth-order valence-corrected chi connectivity index (χ4v) is 5.04. The second kappa shape index (κ2) is 6.11. The van der Waals surface area contributed by atoms with Crippen LogP contribution >= 0.6 is 0 Å². The number of aromatic nitrogens is 2. The van der Waals surface area contributed by atoms with E-state index in [1.807, 2.05) is 18.2 Å². The summed E-state index contributed by atoms with van der Waals surface area (Å²) in [6.07, 6.45) is 2.75. The van der Waals surface area contributed by atoms with Crippen molar-refractivity contribution in [1.29, 1.82) is 0 Å². The summed E-state index contributed by atoms with van der Waals surface area (Å²) in [6, 6.07) is 9.42. The van der Waals surface area contributed by atoms with Gasteiger partial charge in [0.1, 0.15) is 17.8 Å². The Balaban J connectivity index is 1.53. The van der Waals surface area contributed by atoms with Crippen molar-refractivity contribution >= 4 is 27.2 Å². The van der Waals surface area contributed by atoms with Crippen LogP contribution < -0.4 is 10.2 Å². The SMILES string of the molecule is O=C(NC1CCS(=O)(=O)C1)c1cc(N2CCc3ccccc32)ncn1. The minimum absolute atomic E-state index is 0.00379. The molecular weight excluding hydrogens is 340 g/mol. The lowest BCUT2D eigenvalue weighted by Crippen LogP contribution is -2.36. The van der Waals surface area contributed by atoms with E-state index in [0.29, 0.717) is 12.2 Å². The molecule has 8 heteroatoms. The van der Waals surface area contributed by atoms with Crippen molar-refractivity contribution in [3.8, 4) is 0 Å². The largest absolute Gasteiger partial charge is 0.347 e. The normalized spacial score (nSPS) is 21.1. The van der Waals surface area contributed by atoms with Crippen LogP contribution in [0.2, 0.25) is 0 Å². The summed E-state index contributed by atoms with van der Waals surface area (Å²) < 4.78 is 23.0. The Hall–Kier alpha value is -2.48. The van der Waals surface area contributed by atoms with Gasteiger partial charge in [0.15, 0.2) is 9.84 Å². The molecule has 0 bridgehead atoms. The molecule has 1 unspecified atom stereocenters. The number of amides is 1. The Bertz CT molecular complexity index is 929. The molecular formula is C17H18N4O3S. The van der Waals surface area contributed by atoms with Gasteiger partial charge in [-0.15, -0.1) is 0 Å². The first-order valence-electron chi connectivity index (χ1n) is 8.21. The molecule has 1 saturated heterocycles. The van der Waals surface area contributed by atoms with E-state index in [9.17, 15) is 13.2 Å². The quantitative estimate of drug-likeness (QED) is 0.883. The van der Waals surface area contributed by atoms with Crippen LogP contribution in [0.5, 0.6) is 0 Å². The Morgan fingerprint density at radius 1 is 1.24 bits per heavy atom. The van der Waals surface area contributed by atoms with Crippen LogP contribution in [0.15, 0.2) is 36.7 Å². The second-order valence-corrected chi connectivity index (χ2v) is 8.59. The van der Waals surface area contributed by atoms with E-state index < -0.39 is 9.84 Å². The summed E-state index contributed by atoms with van der Waals surface area (Å²) in [5, 5.41) is 2.76. The summed E-state index contributed by atoms with van der Waals surface area (Å²) >= 11 is 0. The lowest BCUT2D eigenvalue weighted by atomic mass is 10.2. The molecule has 0 spiro atoms. The molecule has 0 aliphatic carbocycles. The predicted molar refractivity (Wildman–Crippen MR) is 93.7 cm³/mol. The molecule has 2 aromatic rings. The number of rotatable bonds is 3. The van der Waals surface area contributed by atoms with Crippen molar-refractivity contribution in [1.82, 2.24) is 15.3 Å². The van der Waals surface area contributed by atoms with E-state index >= 15 is 0 Å². The Morgan fingerprint density at radius 2 is 2.08 bits per heavy atom. The van der Waals surface area contributed by atoms with E-state index in [2.05, 4.69) is 26.3 Å². The highest BCUT2D eigenvalue weighted by Crippen LogP contribution is 2.33. The number of nitrogens with one attached hydrogen (secondary N) is 1. The summed E-state index contributed by atoms with van der Waals surface area (Å²) in [7, 11) is -3.03. The number of anilines is 2. The molecule has 7 nitrogen and oxygen atoms in total. The highest BCUT2D eigenvalue weighted by atomic mass is 32.2. The van der Waals surface area contributed by atoms with Crippen molar-refractivity contribution in [3.05, 3.63) is 47.9 Å². The average molecular weight is 358 g/mol. The molecule has 1 aromatic carbocycles. The van der Waals surface area contributed by atoms with Gasteiger partial charge in [-0.1, -0.05) is 18.2 Å². The molecule has 25 heavy (non-hydrogen) atoms. The average Bonchev–Trinajstić information content (AvgIpc) is 3.18. The zero-order valence-electron chi connectivity index (χ0n) is 13.6. The van der Waals surface area contributed by atoms with Crippen LogP contribution in [0.4, 0.5) is 11.5 Å². The Morgan fingerprint density at radius 3 is 2.88 bits per heavy atom. The second-order valence-electron chi connectivity index (χ2n) is 6.37. The topological polar surface area (TPSA) is 92.3 Å². The highest BCUT2D eigenvalue weighted by molar-refractivity contribution is 7.91. The van der Waals surface area contributed by atoms with Crippen LogP contribution in [0.1, 0.15) is 22.5 Å². The number of carbonyl (C=O) groups excluding carboxylic acids is 1. The smallest absolute Gasteiger partial charge is 0.270 e. The van der Waals surface area contributed by atoms with Gasteiger partial charge in [-0.2, -0.15) is 0 Å². The molecule has 1 N–H and O–H groups in total. The molecule has 4 rings (SSSR count). The molecule has 1 fully saturated rings. The van der Waals surface area contributed by atoms with Gasteiger partial charge in [0.2, 0.25) is 0 Å². The standard InChI is InChI=1S/C17H18N4O3S/c22-17(20-13-6-8-25(23,24)10-13)14-9-16(19-11-18-14)21-7-5-12-3-1-2-4-15(12)21/h1-4,9,11,13H,5-8,10H2,(H,20,22). The van der Waals surface area contributed by atoms with Crippen molar-refractivity contribution in [2.45, 2.75) is 18.9 Å². The van der Waals surface area contributed by atoms with Crippen LogP contribution in [0, 0.1) is 0 Å². The molecule has 0 radical (unpaired) electrons. The Labute approximate surface area is 146 Å². The third-order valence-electron chi connectivity index (χ3n) is 4.62. The van der Waals surface area contributed by atoms with E-state index in [4.69, 9.17) is 0 Å². The summed E-state index contributed by atoms with van der Waals surface area (Å²) in [5.74, 6) is 0.427. The van der Waals surface area contributed by atoms with Gasteiger partial charge in [0.05, 0.1) is 11.5 Å². The first kappa shape index (κ1) is 16.0. The first-order valence-corrected chi connectivity index (χ1v) is 10.0. The summed E-state index contributed by atoms with van der Waals surface area (Å²) in [6.45, 7) is 0.804. The summed E-state index contributed by atoms with van der Waals surface area (Å²) in [5.41, 5.74) is 2.59. The van der Waals surface area contributed by atoms with Gasteiger partial charge in [-0.25, -0.2) is 18.4 Å². The number of carbonyl (C=O) groups is 1. The van der Waals surface area contributed by atoms with Gasteiger partial charge >= 0.3 is 0 Å². The lowest BCUT2D eigenvalue weighted by Gasteiger charge is -2.18. The van der Waals surface area contributed by atoms with Gasteiger partial charge in [0, 0.05) is 24.3 Å². The van der Waals surface area contributed by atoms with Crippen molar-refractivity contribution in [2.75, 3.05) is 23.0 Å². The van der Waals surface area contributed by atoms with Gasteiger partial charge in [0.25, 0.3) is 5.91 Å². The van der Waals surface area contributed by atoms with E-state index in [-0.39, 0.29) is 29.1 Å². The van der Waals surface area contributed by atoms with E-state index in [0.717, 1.165) is 18.7 Å².